The molecule has 2 aliphatic carbocycles. The van der Waals surface area contributed by atoms with Gasteiger partial charge in [0, 0.05) is 6.04 Å². The van der Waals surface area contributed by atoms with Crippen molar-refractivity contribution in [2.45, 2.75) is 51.0 Å². The summed E-state index contributed by atoms with van der Waals surface area (Å²) in [5.74, 6) is 0. The van der Waals surface area contributed by atoms with Crippen LogP contribution in [0.15, 0.2) is 35.9 Å². The van der Waals surface area contributed by atoms with Gasteiger partial charge in [-0.25, -0.2) is 0 Å². The third-order valence-electron chi connectivity index (χ3n) is 4.34. The molecule has 1 N–H and O–H groups in total. The monoisotopic (exact) mass is 241 g/mol. The van der Waals surface area contributed by atoms with Crippen molar-refractivity contribution >= 4 is 0 Å². The molecule has 96 valence electrons. The maximum absolute atomic E-state index is 3.76. The summed E-state index contributed by atoms with van der Waals surface area (Å²) < 4.78 is 0. The molecule has 1 heteroatoms. The largest absolute Gasteiger partial charge is 0.310 e. The van der Waals surface area contributed by atoms with Crippen molar-refractivity contribution in [1.82, 2.24) is 5.32 Å². The number of benzene rings is 1. The van der Waals surface area contributed by atoms with Crippen molar-refractivity contribution in [1.29, 1.82) is 0 Å². The summed E-state index contributed by atoms with van der Waals surface area (Å²) in [6.45, 7) is 1.14. The predicted molar refractivity (Wildman–Crippen MR) is 76.7 cm³/mol. The molecule has 1 nitrogen and oxygen atoms in total. The van der Waals surface area contributed by atoms with Crippen LogP contribution in [-0.2, 0) is 6.42 Å². The molecule has 1 unspecified atom stereocenters. The summed E-state index contributed by atoms with van der Waals surface area (Å²) in [5.41, 5.74) is 4.78. The van der Waals surface area contributed by atoms with Gasteiger partial charge in [0.05, 0.1) is 0 Å². The van der Waals surface area contributed by atoms with E-state index in [1.807, 2.05) is 0 Å². The minimum atomic E-state index is 0.594. The van der Waals surface area contributed by atoms with Crippen LogP contribution in [0.3, 0.4) is 0 Å². The quantitative estimate of drug-likeness (QED) is 0.781. The molecule has 1 atom stereocenters. The standard InChI is InChI=1S/C17H23N/c1-2-7-14(6-1)12-13-18-17-11-5-9-15-8-3-4-10-16(15)17/h3-4,6,8,10,17-18H,1-2,5,7,9,11-13H2. The lowest BCUT2D eigenvalue weighted by atomic mass is 9.87. The number of rotatable bonds is 4. The first-order valence-corrected chi connectivity index (χ1v) is 7.42. The maximum atomic E-state index is 3.76. The van der Waals surface area contributed by atoms with Gasteiger partial charge in [-0.05, 0) is 62.6 Å². The van der Waals surface area contributed by atoms with Crippen molar-refractivity contribution in [2.75, 3.05) is 6.54 Å². The van der Waals surface area contributed by atoms with Crippen LogP contribution in [0.5, 0.6) is 0 Å². The minimum Gasteiger partial charge on any atom is -0.310 e. The fourth-order valence-electron chi connectivity index (χ4n) is 3.34. The number of nitrogens with one attached hydrogen (secondary N) is 1. The molecule has 1 aromatic rings. The molecule has 0 aromatic heterocycles. The van der Waals surface area contributed by atoms with E-state index in [1.165, 1.54) is 44.9 Å². The Hall–Kier alpha value is -1.08. The number of allylic oxidation sites excluding steroid dienone is 1. The summed E-state index contributed by atoms with van der Waals surface area (Å²) in [6, 6.07) is 9.55. The van der Waals surface area contributed by atoms with Gasteiger partial charge >= 0.3 is 0 Å². The van der Waals surface area contributed by atoms with E-state index in [-0.39, 0.29) is 0 Å². The third kappa shape index (κ3) is 2.67. The molecule has 0 bridgehead atoms. The molecule has 0 spiro atoms. The van der Waals surface area contributed by atoms with Crippen LogP contribution in [0.4, 0.5) is 0 Å². The molecule has 0 saturated heterocycles. The number of hydrogen-bond donors (Lipinski definition) is 1. The number of aryl methyl sites for hydroxylation is 1. The second kappa shape index (κ2) is 5.71. The maximum Gasteiger partial charge on any atom is 0.0323 e. The second-order valence-corrected chi connectivity index (χ2v) is 5.60. The number of fused-ring (bicyclic) bond motifs is 1. The molecule has 0 saturated carbocycles. The van der Waals surface area contributed by atoms with Crippen LogP contribution in [0, 0.1) is 0 Å². The van der Waals surface area contributed by atoms with Gasteiger partial charge in [-0.3, -0.25) is 0 Å². The Morgan fingerprint density at radius 3 is 2.94 bits per heavy atom. The van der Waals surface area contributed by atoms with Crippen molar-refractivity contribution in [2.24, 2.45) is 0 Å². The first kappa shape index (κ1) is 12.0. The fourth-order valence-corrected chi connectivity index (χ4v) is 3.34. The molecule has 0 heterocycles. The van der Waals surface area contributed by atoms with E-state index in [4.69, 9.17) is 0 Å². The Bertz CT molecular complexity index is 433. The zero-order valence-corrected chi connectivity index (χ0v) is 11.1. The topological polar surface area (TPSA) is 12.0 Å². The van der Waals surface area contributed by atoms with Crippen molar-refractivity contribution in [3.05, 3.63) is 47.0 Å². The second-order valence-electron chi connectivity index (χ2n) is 5.60. The van der Waals surface area contributed by atoms with Crippen LogP contribution < -0.4 is 5.32 Å². The smallest absolute Gasteiger partial charge is 0.0323 e. The molecule has 2 aliphatic rings. The zero-order chi connectivity index (χ0) is 12.2. The van der Waals surface area contributed by atoms with Crippen molar-refractivity contribution in [3.8, 4) is 0 Å². The fraction of sp³-hybridized carbons (Fsp3) is 0.529. The average Bonchev–Trinajstić information content (AvgIpc) is 2.92. The normalized spacial score (nSPS) is 22.7. The summed E-state index contributed by atoms with van der Waals surface area (Å²) in [4.78, 5) is 0. The highest BCUT2D eigenvalue weighted by Crippen LogP contribution is 2.29. The van der Waals surface area contributed by atoms with Gasteiger partial charge in [0.2, 0.25) is 0 Å². The third-order valence-corrected chi connectivity index (χ3v) is 4.34. The summed E-state index contributed by atoms with van der Waals surface area (Å²) >= 11 is 0. The van der Waals surface area contributed by atoms with Gasteiger partial charge in [-0.2, -0.15) is 0 Å². The number of hydrogen-bond acceptors (Lipinski definition) is 1. The van der Waals surface area contributed by atoms with Gasteiger partial charge in [-0.15, -0.1) is 0 Å². The molecule has 0 amide bonds. The van der Waals surface area contributed by atoms with Crippen molar-refractivity contribution in [3.63, 3.8) is 0 Å². The Balaban J connectivity index is 1.57. The Morgan fingerprint density at radius 1 is 1.11 bits per heavy atom. The molecule has 0 fully saturated rings. The minimum absolute atomic E-state index is 0.594. The Labute approximate surface area is 110 Å². The van der Waals surface area contributed by atoms with E-state index in [0.717, 1.165) is 6.54 Å². The van der Waals surface area contributed by atoms with Gasteiger partial charge in [0.25, 0.3) is 0 Å². The molecule has 0 aliphatic heterocycles. The van der Waals surface area contributed by atoms with E-state index in [1.54, 1.807) is 16.7 Å². The van der Waals surface area contributed by atoms with E-state index in [9.17, 15) is 0 Å². The zero-order valence-electron chi connectivity index (χ0n) is 11.1. The lowest BCUT2D eigenvalue weighted by Crippen LogP contribution is -2.26. The van der Waals surface area contributed by atoms with Crippen LogP contribution in [-0.4, -0.2) is 6.54 Å². The molecule has 1 aromatic carbocycles. The highest BCUT2D eigenvalue weighted by molar-refractivity contribution is 5.32. The Kier molecular flexibility index (Phi) is 3.80. The average molecular weight is 241 g/mol. The lowest BCUT2D eigenvalue weighted by molar-refractivity contribution is 0.462. The lowest BCUT2D eigenvalue weighted by Gasteiger charge is -2.26. The van der Waals surface area contributed by atoms with Crippen LogP contribution in [0.2, 0.25) is 0 Å². The highest BCUT2D eigenvalue weighted by atomic mass is 14.9. The van der Waals surface area contributed by atoms with Crippen LogP contribution in [0.1, 0.15) is 55.7 Å². The van der Waals surface area contributed by atoms with Gasteiger partial charge in [0.15, 0.2) is 0 Å². The van der Waals surface area contributed by atoms with Gasteiger partial charge in [0.1, 0.15) is 0 Å². The molecule has 18 heavy (non-hydrogen) atoms. The molecular formula is C17H23N. The molecule has 0 radical (unpaired) electrons. The summed E-state index contributed by atoms with van der Waals surface area (Å²) in [7, 11) is 0. The SMILES string of the molecule is C1=C(CCNC2CCCc3ccccc32)CCC1. The molecule has 3 rings (SSSR count). The van der Waals surface area contributed by atoms with E-state index < -0.39 is 0 Å². The van der Waals surface area contributed by atoms with Gasteiger partial charge in [-0.1, -0.05) is 35.9 Å². The molecular weight excluding hydrogens is 218 g/mol. The highest BCUT2D eigenvalue weighted by Gasteiger charge is 2.18. The van der Waals surface area contributed by atoms with E-state index >= 15 is 0 Å². The van der Waals surface area contributed by atoms with E-state index in [0.29, 0.717) is 6.04 Å². The first-order valence-electron chi connectivity index (χ1n) is 7.42. The Morgan fingerprint density at radius 2 is 2.06 bits per heavy atom. The van der Waals surface area contributed by atoms with Crippen LogP contribution >= 0.6 is 0 Å². The van der Waals surface area contributed by atoms with Crippen molar-refractivity contribution < 1.29 is 0 Å². The van der Waals surface area contributed by atoms with Gasteiger partial charge < -0.3 is 5.32 Å². The summed E-state index contributed by atoms with van der Waals surface area (Å²) in [5, 5.41) is 3.76. The summed E-state index contributed by atoms with van der Waals surface area (Å²) in [6.07, 6.45) is 11.6. The predicted octanol–water partition coefficient (Wildman–Crippen LogP) is 4.15. The van der Waals surface area contributed by atoms with E-state index in [2.05, 4.69) is 35.7 Å². The first-order chi connectivity index (χ1) is 8.93. The van der Waals surface area contributed by atoms with Crippen LogP contribution in [0.25, 0.3) is 0 Å².